The van der Waals surface area contributed by atoms with Crippen molar-refractivity contribution in [2.24, 2.45) is 0 Å². The first kappa shape index (κ1) is 18.5. The van der Waals surface area contributed by atoms with Gasteiger partial charge in [-0.3, -0.25) is 0 Å². The van der Waals surface area contributed by atoms with E-state index in [0.29, 0.717) is 0 Å². The van der Waals surface area contributed by atoms with Gasteiger partial charge in [-0.1, -0.05) is 32.9 Å². The monoisotopic (exact) mass is 355 g/mol. The summed E-state index contributed by atoms with van der Waals surface area (Å²) in [6.45, 7) is 14.6. The van der Waals surface area contributed by atoms with Gasteiger partial charge in [0, 0.05) is 23.2 Å². The number of likely N-dealkylation sites (N-methyl/N-ethyl adjacent to an activating group) is 1. The van der Waals surface area contributed by atoms with Crippen LogP contribution in [0.5, 0.6) is 0 Å². The van der Waals surface area contributed by atoms with E-state index in [-0.39, 0.29) is 0 Å². The van der Waals surface area contributed by atoms with E-state index in [1.807, 2.05) is 6.07 Å². The minimum atomic E-state index is 0.988. The quantitative estimate of drug-likeness (QED) is 0.648. The van der Waals surface area contributed by atoms with Gasteiger partial charge < -0.3 is 15.1 Å². The Bertz CT molecular complexity index is 380. The first-order valence-electron chi connectivity index (χ1n) is 8.14. The summed E-state index contributed by atoms with van der Waals surface area (Å²) in [5.74, 6) is 0. The number of anilines is 1. The zero-order valence-corrected chi connectivity index (χ0v) is 15.3. The predicted octanol–water partition coefficient (Wildman–Crippen LogP) is 3.91. The average Bonchev–Trinajstić information content (AvgIpc) is 2.51. The second-order valence-corrected chi connectivity index (χ2v) is 6.08. The summed E-state index contributed by atoms with van der Waals surface area (Å²) < 4.78 is 1.13. The normalized spacial score (nSPS) is 11.3. The van der Waals surface area contributed by atoms with Crippen LogP contribution in [-0.2, 0) is 0 Å². The lowest BCUT2D eigenvalue weighted by Gasteiger charge is -2.23. The van der Waals surface area contributed by atoms with Crippen molar-refractivity contribution in [1.82, 2.24) is 9.80 Å². The molecule has 0 aromatic heterocycles. The van der Waals surface area contributed by atoms with Crippen LogP contribution in [0.25, 0.3) is 0 Å². The van der Waals surface area contributed by atoms with Crippen LogP contribution in [0.4, 0.5) is 5.69 Å². The van der Waals surface area contributed by atoms with E-state index in [4.69, 9.17) is 0 Å². The van der Waals surface area contributed by atoms with E-state index in [1.54, 1.807) is 0 Å². The molecule has 0 bridgehead atoms. The van der Waals surface area contributed by atoms with Gasteiger partial charge in [0.1, 0.15) is 0 Å². The molecule has 0 heterocycles. The number of hydrogen-bond acceptors (Lipinski definition) is 3. The van der Waals surface area contributed by atoms with Gasteiger partial charge in [0.2, 0.25) is 0 Å². The van der Waals surface area contributed by atoms with Crippen molar-refractivity contribution in [3.8, 4) is 0 Å². The van der Waals surface area contributed by atoms with Crippen LogP contribution in [0.1, 0.15) is 27.2 Å². The minimum Gasteiger partial charge on any atom is -0.383 e. The van der Waals surface area contributed by atoms with Crippen LogP contribution in [0.15, 0.2) is 28.7 Å². The molecule has 1 aromatic carbocycles. The van der Waals surface area contributed by atoms with Gasteiger partial charge in [-0.15, -0.1) is 0 Å². The highest BCUT2D eigenvalue weighted by molar-refractivity contribution is 9.10. The predicted molar refractivity (Wildman–Crippen MR) is 97.2 cm³/mol. The molecule has 3 nitrogen and oxygen atoms in total. The van der Waals surface area contributed by atoms with Gasteiger partial charge in [0.25, 0.3) is 0 Å². The third-order valence-corrected chi connectivity index (χ3v) is 4.60. The molecule has 0 spiro atoms. The Labute approximate surface area is 138 Å². The fraction of sp³-hybridized carbons (Fsp3) is 0.647. The van der Waals surface area contributed by atoms with E-state index in [1.165, 1.54) is 25.2 Å². The molecule has 0 radical (unpaired) electrons. The topological polar surface area (TPSA) is 18.5 Å². The number of halogens is 1. The van der Waals surface area contributed by atoms with Crippen molar-refractivity contribution in [1.29, 1.82) is 0 Å². The highest BCUT2D eigenvalue weighted by Crippen LogP contribution is 2.20. The first-order chi connectivity index (χ1) is 10.2. The number of benzene rings is 1. The molecule has 0 saturated heterocycles. The number of hydrogen-bond donors (Lipinski definition) is 1. The highest BCUT2D eigenvalue weighted by atomic mass is 79.9. The van der Waals surface area contributed by atoms with Crippen LogP contribution in [0, 0.1) is 0 Å². The molecule has 0 aliphatic carbocycles. The van der Waals surface area contributed by atoms with Crippen molar-refractivity contribution in [2.75, 3.05) is 51.1 Å². The van der Waals surface area contributed by atoms with Crippen molar-refractivity contribution in [2.45, 2.75) is 27.2 Å². The van der Waals surface area contributed by atoms with E-state index >= 15 is 0 Å². The summed E-state index contributed by atoms with van der Waals surface area (Å²) in [4.78, 5) is 5.01. The maximum atomic E-state index is 3.57. The third kappa shape index (κ3) is 7.30. The van der Waals surface area contributed by atoms with Crippen LogP contribution in [0.2, 0.25) is 0 Å². The molecule has 4 heteroatoms. The SMILES string of the molecule is CCN(CC)CCCN(CC)CCNc1ccccc1Br. The van der Waals surface area contributed by atoms with Crippen LogP contribution in [-0.4, -0.2) is 55.6 Å². The lowest BCUT2D eigenvalue weighted by atomic mass is 10.3. The summed E-state index contributed by atoms with van der Waals surface area (Å²) >= 11 is 3.57. The largest absolute Gasteiger partial charge is 0.383 e. The fourth-order valence-electron chi connectivity index (χ4n) is 2.44. The maximum Gasteiger partial charge on any atom is 0.0485 e. The van der Waals surface area contributed by atoms with Crippen molar-refractivity contribution < 1.29 is 0 Å². The number of nitrogens with one attached hydrogen (secondary N) is 1. The molecular weight excluding hydrogens is 326 g/mol. The van der Waals surface area contributed by atoms with Crippen LogP contribution < -0.4 is 5.32 Å². The second kappa shape index (κ2) is 11.0. The smallest absolute Gasteiger partial charge is 0.0485 e. The molecule has 0 unspecified atom stereocenters. The molecule has 0 amide bonds. The molecule has 0 saturated carbocycles. The Balaban J connectivity index is 2.23. The van der Waals surface area contributed by atoms with E-state index in [9.17, 15) is 0 Å². The van der Waals surface area contributed by atoms with Gasteiger partial charge in [0.05, 0.1) is 0 Å². The molecule has 0 aliphatic rings. The molecule has 0 aliphatic heterocycles. The van der Waals surface area contributed by atoms with Gasteiger partial charge >= 0.3 is 0 Å². The van der Waals surface area contributed by atoms with Gasteiger partial charge in [-0.2, -0.15) is 0 Å². The third-order valence-electron chi connectivity index (χ3n) is 3.91. The molecule has 1 rings (SSSR count). The Hall–Kier alpha value is -0.580. The summed E-state index contributed by atoms with van der Waals surface area (Å²) in [5, 5.41) is 3.50. The summed E-state index contributed by atoms with van der Waals surface area (Å²) in [6, 6.07) is 8.29. The molecule has 1 N–H and O–H groups in total. The summed E-state index contributed by atoms with van der Waals surface area (Å²) in [6.07, 6.45) is 1.25. The number of rotatable bonds is 11. The molecule has 0 atom stereocenters. The molecule has 0 fully saturated rings. The Morgan fingerprint density at radius 2 is 1.52 bits per heavy atom. The van der Waals surface area contributed by atoms with Crippen molar-refractivity contribution >= 4 is 21.6 Å². The Morgan fingerprint density at radius 3 is 2.14 bits per heavy atom. The minimum absolute atomic E-state index is 0.988. The van der Waals surface area contributed by atoms with E-state index in [2.05, 4.69) is 70.0 Å². The average molecular weight is 356 g/mol. The zero-order valence-electron chi connectivity index (χ0n) is 13.7. The molecule has 120 valence electrons. The van der Waals surface area contributed by atoms with Gasteiger partial charge in [0.15, 0.2) is 0 Å². The fourth-order valence-corrected chi connectivity index (χ4v) is 2.86. The van der Waals surface area contributed by atoms with Crippen molar-refractivity contribution in [3.05, 3.63) is 28.7 Å². The lowest BCUT2D eigenvalue weighted by Crippen LogP contribution is -2.33. The maximum absolute atomic E-state index is 3.57. The molecule has 1 aromatic rings. The lowest BCUT2D eigenvalue weighted by molar-refractivity contribution is 0.248. The van der Waals surface area contributed by atoms with Crippen molar-refractivity contribution in [3.63, 3.8) is 0 Å². The Kier molecular flexibility index (Phi) is 9.72. The second-order valence-electron chi connectivity index (χ2n) is 5.22. The van der Waals surface area contributed by atoms with Crippen LogP contribution >= 0.6 is 15.9 Å². The highest BCUT2D eigenvalue weighted by Gasteiger charge is 2.04. The summed E-state index contributed by atoms with van der Waals surface area (Å²) in [7, 11) is 0. The van der Waals surface area contributed by atoms with Gasteiger partial charge in [-0.05, 0) is 67.2 Å². The first-order valence-corrected chi connectivity index (χ1v) is 8.93. The van der Waals surface area contributed by atoms with Crippen LogP contribution in [0.3, 0.4) is 0 Å². The number of nitrogens with zero attached hydrogens (tertiary/aromatic N) is 2. The van der Waals surface area contributed by atoms with Gasteiger partial charge in [-0.25, -0.2) is 0 Å². The number of para-hydroxylation sites is 1. The summed E-state index contributed by atoms with van der Waals surface area (Å²) in [5.41, 5.74) is 1.18. The standard InChI is InChI=1S/C17H30BrN3/c1-4-20(5-2)13-9-14-21(6-3)15-12-19-17-11-8-7-10-16(17)18/h7-8,10-11,19H,4-6,9,12-15H2,1-3H3. The molecule has 21 heavy (non-hydrogen) atoms. The zero-order chi connectivity index (χ0) is 15.5. The van der Waals surface area contributed by atoms with E-state index < -0.39 is 0 Å². The Morgan fingerprint density at radius 1 is 0.905 bits per heavy atom. The van der Waals surface area contributed by atoms with E-state index in [0.717, 1.165) is 37.2 Å². The molecular formula is C17H30BrN3.